The first-order chi connectivity index (χ1) is 11.6. The third-order valence-electron chi connectivity index (χ3n) is 4.24. The van der Waals surface area contributed by atoms with E-state index >= 15 is 0 Å². The highest BCUT2D eigenvalue weighted by Crippen LogP contribution is 2.28. The lowest BCUT2D eigenvalue weighted by molar-refractivity contribution is -0.131. The van der Waals surface area contributed by atoms with Crippen LogP contribution in [0.15, 0.2) is 41.1 Å². The maximum atomic E-state index is 12.7. The van der Waals surface area contributed by atoms with Crippen LogP contribution in [-0.4, -0.2) is 53.5 Å². The van der Waals surface area contributed by atoms with Crippen molar-refractivity contribution in [2.24, 2.45) is 0 Å². The molecule has 1 atom stereocenters. The Bertz CT molecular complexity index is 712. The summed E-state index contributed by atoms with van der Waals surface area (Å²) in [6.45, 7) is 2.93. The van der Waals surface area contributed by atoms with Gasteiger partial charge in [0.2, 0.25) is 11.7 Å². The van der Waals surface area contributed by atoms with Crippen molar-refractivity contribution in [3.8, 4) is 5.75 Å². The SMILES string of the molecule is COc1ccc(C2CN(C(C)=O)CCN2C(=O)c2ccno2)cc1. The fraction of sp³-hybridized carbons (Fsp3) is 0.353. The van der Waals surface area contributed by atoms with E-state index in [9.17, 15) is 9.59 Å². The molecule has 1 fully saturated rings. The maximum absolute atomic E-state index is 12.7. The molecule has 7 nitrogen and oxygen atoms in total. The van der Waals surface area contributed by atoms with Crippen LogP contribution in [0.25, 0.3) is 0 Å². The Labute approximate surface area is 139 Å². The smallest absolute Gasteiger partial charge is 0.293 e. The first kappa shape index (κ1) is 16.0. The summed E-state index contributed by atoms with van der Waals surface area (Å²) in [6.07, 6.45) is 1.45. The molecule has 1 saturated heterocycles. The minimum Gasteiger partial charge on any atom is -0.497 e. The summed E-state index contributed by atoms with van der Waals surface area (Å²) >= 11 is 0. The van der Waals surface area contributed by atoms with Crippen LogP contribution in [0.1, 0.15) is 29.1 Å². The van der Waals surface area contributed by atoms with Gasteiger partial charge >= 0.3 is 0 Å². The van der Waals surface area contributed by atoms with Crippen LogP contribution in [0.3, 0.4) is 0 Å². The van der Waals surface area contributed by atoms with Gasteiger partial charge in [-0.05, 0) is 17.7 Å². The number of aromatic nitrogens is 1. The van der Waals surface area contributed by atoms with Crippen LogP contribution < -0.4 is 4.74 Å². The van der Waals surface area contributed by atoms with E-state index in [1.54, 1.807) is 29.9 Å². The second kappa shape index (κ2) is 6.74. The molecule has 0 saturated carbocycles. The van der Waals surface area contributed by atoms with Crippen molar-refractivity contribution in [2.75, 3.05) is 26.7 Å². The highest BCUT2D eigenvalue weighted by atomic mass is 16.5. The second-order valence-corrected chi connectivity index (χ2v) is 5.63. The third-order valence-corrected chi connectivity index (χ3v) is 4.24. The molecule has 0 N–H and O–H groups in total. The number of carbonyl (C=O) groups excluding carboxylic acids is 2. The van der Waals surface area contributed by atoms with Gasteiger partial charge in [0.1, 0.15) is 5.75 Å². The Hall–Kier alpha value is -2.83. The van der Waals surface area contributed by atoms with Crippen molar-refractivity contribution >= 4 is 11.8 Å². The predicted octanol–water partition coefficient (Wildman–Crippen LogP) is 1.73. The van der Waals surface area contributed by atoms with Crippen molar-refractivity contribution in [3.63, 3.8) is 0 Å². The molecule has 7 heteroatoms. The normalized spacial score (nSPS) is 17.7. The number of piperazine rings is 1. The zero-order valence-corrected chi connectivity index (χ0v) is 13.6. The third kappa shape index (κ3) is 3.10. The quantitative estimate of drug-likeness (QED) is 0.857. The van der Waals surface area contributed by atoms with Gasteiger partial charge in [0.05, 0.1) is 19.3 Å². The number of nitrogens with zero attached hydrogens (tertiary/aromatic N) is 3. The summed E-state index contributed by atoms with van der Waals surface area (Å²) in [5.41, 5.74) is 0.939. The standard InChI is InChI=1S/C17H19N3O4/c1-12(21)19-9-10-20(17(22)16-7-8-18-24-16)15(11-19)13-3-5-14(23-2)6-4-13/h3-8,15H,9-11H2,1-2H3. The fourth-order valence-corrected chi connectivity index (χ4v) is 2.89. The molecule has 1 aromatic heterocycles. The van der Waals surface area contributed by atoms with Crippen molar-refractivity contribution < 1.29 is 18.8 Å². The number of hydrogen-bond donors (Lipinski definition) is 0. The number of amides is 2. The van der Waals surface area contributed by atoms with Gasteiger partial charge in [-0.1, -0.05) is 17.3 Å². The summed E-state index contributed by atoms with van der Waals surface area (Å²) in [4.78, 5) is 27.9. The Morgan fingerprint density at radius 3 is 2.54 bits per heavy atom. The summed E-state index contributed by atoms with van der Waals surface area (Å²) in [5.74, 6) is 0.715. The molecule has 2 heterocycles. The Morgan fingerprint density at radius 2 is 1.96 bits per heavy atom. The van der Waals surface area contributed by atoms with Gasteiger partial charge in [-0.25, -0.2) is 0 Å². The summed E-state index contributed by atoms with van der Waals surface area (Å²) in [7, 11) is 1.60. The number of carbonyl (C=O) groups is 2. The van der Waals surface area contributed by atoms with E-state index in [2.05, 4.69) is 5.16 Å². The minimum atomic E-state index is -0.244. The van der Waals surface area contributed by atoms with Gasteiger partial charge in [-0.2, -0.15) is 0 Å². The molecule has 1 aromatic carbocycles. The van der Waals surface area contributed by atoms with Gasteiger partial charge in [-0.15, -0.1) is 0 Å². The molecule has 0 radical (unpaired) electrons. The van der Waals surface area contributed by atoms with Gasteiger partial charge < -0.3 is 19.1 Å². The van der Waals surface area contributed by atoms with E-state index in [0.29, 0.717) is 19.6 Å². The van der Waals surface area contributed by atoms with Gasteiger partial charge in [-0.3, -0.25) is 9.59 Å². The van der Waals surface area contributed by atoms with Crippen LogP contribution >= 0.6 is 0 Å². The first-order valence-corrected chi connectivity index (χ1v) is 7.71. The molecule has 0 aliphatic carbocycles. The molecular formula is C17H19N3O4. The zero-order valence-electron chi connectivity index (χ0n) is 13.6. The van der Waals surface area contributed by atoms with Gasteiger partial charge in [0, 0.05) is 32.6 Å². The van der Waals surface area contributed by atoms with Gasteiger partial charge in [0.25, 0.3) is 5.91 Å². The minimum absolute atomic E-state index is 0.000255. The lowest BCUT2D eigenvalue weighted by Crippen LogP contribution is -2.51. The first-order valence-electron chi connectivity index (χ1n) is 7.71. The van der Waals surface area contributed by atoms with E-state index in [4.69, 9.17) is 9.26 Å². The van der Waals surface area contributed by atoms with E-state index in [1.165, 1.54) is 6.20 Å². The molecule has 3 rings (SSSR count). The Balaban J connectivity index is 1.90. The van der Waals surface area contributed by atoms with Crippen LogP contribution in [0.4, 0.5) is 0 Å². The van der Waals surface area contributed by atoms with Crippen LogP contribution in [-0.2, 0) is 4.79 Å². The fourth-order valence-electron chi connectivity index (χ4n) is 2.89. The Kier molecular flexibility index (Phi) is 4.50. The molecule has 2 aromatic rings. The summed E-state index contributed by atoms with van der Waals surface area (Å²) in [6, 6.07) is 8.82. The number of ether oxygens (including phenoxy) is 1. The lowest BCUT2D eigenvalue weighted by atomic mass is 10.0. The predicted molar refractivity (Wildman–Crippen MR) is 85.5 cm³/mol. The Morgan fingerprint density at radius 1 is 1.21 bits per heavy atom. The number of hydrogen-bond acceptors (Lipinski definition) is 5. The number of methoxy groups -OCH3 is 1. The summed E-state index contributed by atoms with van der Waals surface area (Å²) < 4.78 is 10.2. The number of rotatable bonds is 3. The molecule has 1 aliphatic rings. The van der Waals surface area contributed by atoms with Crippen molar-refractivity contribution in [2.45, 2.75) is 13.0 Å². The summed E-state index contributed by atoms with van der Waals surface area (Å²) in [5, 5.41) is 3.60. The topological polar surface area (TPSA) is 75.9 Å². The largest absolute Gasteiger partial charge is 0.497 e. The van der Waals surface area contributed by atoms with Crippen molar-refractivity contribution in [1.29, 1.82) is 0 Å². The molecule has 1 aliphatic heterocycles. The van der Waals surface area contributed by atoms with Gasteiger partial charge in [0.15, 0.2) is 0 Å². The number of benzene rings is 1. The van der Waals surface area contributed by atoms with E-state index in [0.717, 1.165) is 11.3 Å². The molecule has 0 bridgehead atoms. The molecule has 0 spiro atoms. The van der Waals surface area contributed by atoms with E-state index < -0.39 is 0 Å². The molecular weight excluding hydrogens is 310 g/mol. The van der Waals surface area contributed by atoms with Crippen molar-refractivity contribution in [3.05, 3.63) is 47.9 Å². The van der Waals surface area contributed by atoms with Crippen LogP contribution in [0.5, 0.6) is 5.75 Å². The molecule has 24 heavy (non-hydrogen) atoms. The molecule has 126 valence electrons. The molecule has 2 amide bonds. The highest BCUT2D eigenvalue weighted by molar-refractivity contribution is 5.91. The van der Waals surface area contributed by atoms with Crippen molar-refractivity contribution in [1.82, 2.24) is 15.0 Å². The van der Waals surface area contributed by atoms with Crippen LogP contribution in [0.2, 0.25) is 0 Å². The lowest BCUT2D eigenvalue weighted by Gasteiger charge is -2.41. The second-order valence-electron chi connectivity index (χ2n) is 5.63. The average molecular weight is 329 g/mol. The average Bonchev–Trinajstić information content (AvgIpc) is 3.15. The highest BCUT2D eigenvalue weighted by Gasteiger charge is 2.34. The maximum Gasteiger partial charge on any atom is 0.293 e. The monoisotopic (exact) mass is 329 g/mol. The van der Waals surface area contributed by atoms with Crippen LogP contribution in [0, 0.1) is 0 Å². The van der Waals surface area contributed by atoms with E-state index in [1.807, 2.05) is 24.3 Å². The van der Waals surface area contributed by atoms with E-state index in [-0.39, 0.29) is 23.6 Å². The zero-order chi connectivity index (χ0) is 17.1. The molecule has 1 unspecified atom stereocenters.